The second kappa shape index (κ2) is 6.02. The monoisotopic (exact) mass is 307 g/mol. The zero-order chi connectivity index (χ0) is 14.9. The van der Waals surface area contributed by atoms with Gasteiger partial charge in [0.1, 0.15) is 5.37 Å². The topological polar surface area (TPSA) is 60.8 Å². The van der Waals surface area contributed by atoms with Gasteiger partial charge in [0.25, 0.3) is 0 Å². The number of hydrogen-bond acceptors (Lipinski definition) is 4. The molecule has 0 aromatic heterocycles. The standard InChI is InChI=1S/C12H12F3NO3S/c13-8-2-1-7(10(14)11(8)15)12-16(3-6(18)4-17)9(19)5-20-12/h1-2,6,12,17-18H,3-5H2/t6-,12?/m0/s1. The number of rotatable bonds is 4. The second-order valence-electron chi connectivity index (χ2n) is 4.31. The minimum absolute atomic E-state index is 0.0429. The first kappa shape index (κ1) is 15.1. The van der Waals surface area contributed by atoms with Crippen molar-refractivity contribution in [1.29, 1.82) is 0 Å². The van der Waals surface area contributed by atoms with Crippen LogP contribution in [0.1, 0.15) is 10.9 Å². The number of benzene rings is 1. The van der Waals surface area contributed by atoms with Gasteiger partial charge in [0, 0.05) is 5.56 Å². The number of halogens is 3. The summed E-state index contributed by atoms with van der Waals surface area (Å²) < 4.78 is 39.9. The zero-order valence-electron chi connectivity index (χ0n) is 10.2. The molecule has 0 saturated carbocycles. The van der Waals surface area contributed by atoms with E-state index >= 15 is 0 Å². The van der Waals surface area contributed by atoms with E-state index in [9.17, 15) is 23.1 Å². The molecule has 1 saturated heterocycles. The highest BCUT2D eigenvalue weighted by molar-refractivity contribution is 8.00. The third kappa shape index (κ3) is 2.77. The Morgan fingerprint density at radius 3 is 2.70 bits per heavy atom. The predicted molar refractivity (Wildman–Crippen MR) is 66.3 cm³/mol. The van der Waals surface area contributed by atoms with Crippen molar-refractivity contribution in [2.24, 2.45) is 0 Å². The van der Waals surface area contributed by atoms with Gasteiger partial charge in [-0.1, -0.05) is 6.07 Å². The largest absolute Gasteiger partial charge is 0.394 e. The Balaban J connectivity index is 2.31. The van der Waals surface area contributed by atoms with Crippen molar-refractivity contribution in [3.63, 3.8) is 0 Å². The Labute approximate surface area is 117 Å². The van der Waals surface area contributed by atoms with Crippen LogP contribution in [0.5, 0.6) is 0 Å². The summed E-state index contributed by atoms with van der Waals surface area (Å²) in [5.41, 5.74) is -0.162. The molecule has 2 atom stereocenters. The van der Waals surface area contributed by atoms with Crippen LogP contribution in [-0.2, 0) is 4.79 Å². The van der Waals surface area contributed by atoms with Crippen LogP contribution in [0, 0.1) is 17.5 Å². The highest BCUT2D eigenvalue weighted by atomic mass is 32.2. The van der Waals surface area contributed by atoms with Gasteiger partial charge in [-0.25, -0.2) is 13.2 Å². The molecule has 1 aliphatic heterocycles. The molecule has 4 nitrogen and oxygen atoms in total. The van der Waals surface area contributed by atoms with E-state index in [2.05, 4.69) is 0 Å². The number of aliphatic hydroxyl groups is 2. The maximum Gasteiger partial charge on any atom is 0.233 e. The van der Waals surface area contributed by atoms with E-state index in [0.29, 0.717) is 0 Å². The normalized spacial score (nSPS) is 20.6. The quantitative estimate of drug-likeness (QED) is 0.816. The summed E-state index contributed by atoms with van der Waals surface area (Å²) in [5.74, 6) is -4.56. The van der Waals surface area contributed by atoms with Crippen molar-refractivity contribution in [2.45, 2.75) is 11.5 Å². The summed E-state index contributed by atoms with van der Waals surface area (Å²) in [7, 11) is 0. The fourth-order valence-electron chi connectivity index (χ4n) is 1.93. The third-order valence-electron chi connectivity index (χ3n) is 2.92. The first-order valence-corrected chi connectivity index (χ1v) is 6.84. The molecule has 0 bridgehead atoms. The van der Waals surface area contributed by atoms with Crippen LogP contribution in [0.15, 0.2) is 12.1 Å². The molecule has 20 heavy (non-hydrogen) atoms. The van der Waals surface area contributed by atoms with E-state index in [1.54, 1.807) is 0 Å². The van der Waals surface area contributed by atoms with Crippen molar-refractivity contribution >= 4 is 17.7 Å². The molecule has 8 heteroatoms. The molecule has 1 aliphatic rings. The number of thioether (sulfide) groups is 1. The maximum absolute atomic E-state index is 13.8. The molecule has 0 spiro atoms. The molecule has 2 N–H and O–H groups in total. The summed E-state index contributed by atoms with van der Waals surface area (Å²) in [6.45, 7) is -0.757. The first-order valence-electron chi connectivity index (χ1n) is 5.79. The fourth-order valence-corrected chi connectivity index (χ4v) is 3.14. The Hall–Kier alpha value is -1.25. The van der Waals surface area contributed by atoms with Gasteiger partial charge in [-0.15, -0.1) is 11.8 Å². The molecule has 0 aliphatic carbocycles. The Kier molecular flexibility index (Phi) is 4.56. The lowest BCUT2D eigenvalue weighted by atomic mass is 10.1. The molecule has 0 radical (unpaired) electrons. The number of hydrogen-bond donors (Lipinski definition) is 2. The lowest BCUT2D eigenvalue weighted by Crippen LogP contribution is -2.37. The summed E-state index contributed by atoms with van der Waals surface area (Å²) >= 11 is 1.05. The average molecular weight is 307 g/mol. The maximum atomic E-state index is 13.8. The molecular formula is C12H12F3NO3S. The van der Waals surface area contributed by atoms with Gasteiger partial charge in [0.2, 0.25) is 5.91 Å². The van der Waals surface area contributed by atoms with E-state index in [1.807, 2.05) is 0 Å². The molecule has 110 valence electrons. The molecule has 1 aromatic carbocycles. The number of aliphatic hydroxyl groups excluding tert-OH is 2. The number of β-amino-alcohol motifs (C(OH)–C–C–N with tert-alkyl or cyclic N) is 1. The third-order valence-corrected chi connectivity index (χ3v) is 4.16. The van der Waals surface area contributed by atoms with Crippen molar-refractivity contribution in [3.8, 4) is 0 Å². The van der Waals surface area contributed by atoms with Gasteiger partial charge >= 0.3 is 0 Å². The van der Waals surface area contributed by atoms with Crippen molar-refractivity contribution < 1.29 is 28.2 Å². The average Bonchev–Trinajstić information content (AvgIpc) is 2.78. The molecular weight excluding hydrogens is 295 g/mol. The van der Waals surface area contributed by atoms with Gasteiger partial charge in [0.15, 0.2) is 17.5 Å². The molecule has 1 amide bonds. The van der Waals surface area contributed by atoms with Crippen LogP contribution < -0.4 is 0 Å². The zero-order valence-corrected chi connectivity index (χ0v) is 11.0. The Bertz CT molecular complexity index is 529. The van der Waals surface area contributed by atoms with Crippen LogP contribution in [-0.4, -0.2) is 46.0 Å². The lowest BCUT2D eigenvalue weighted by molar-refractivity contribution is -0.129. The molecule has 2 rings (SSSR count). The van der Waals surface area contributed by atoms with Gasteiger partial charge in [-0.2, -0.15) is 0 Å². The number of carbonyl (C=O) groups excluding carboxylic acids is 1. The van der Waals surface area contributed by atoms with Gasteiger partial charge in [0.05, 0.1) is 25.0 Å². The van der Waals surface area contributed by atoms with E-state index in [-0.39, 0.29) is 23.8 Å². The second-order valence-corrected chi connectivity index (χ2v) is 5.38. The van der Waals surface area contributed by atoms with Crippen LogP contribution in [0.4, 0.5) is 13.2 Å². The van der Waals surface area contributed by atoms with Gasteiger partial charge < -0.3 is 15.1 Å². The van der Waals surface area contributed by atoms with Crippen LogP contribution in [0.25, 0.3) is 0 Å². The Morgan fingerprint density at radius 1 is 1.35 bits per heavy atom. The summed E-state index contributed by atoms with van der Waals surface area (Å²) in [5, 5.41) is 17.3. The highest BCUT2D eigenvalue weighted by Gasteiger charge is 2.36. The van der Waals surface area contributed by atoms with Crippen molar-refractivity contribution in [2.75, 3.05) is 18.9 Å². The van der Waals surface area contributed by atoms with Gasteiger partial charge in [-0.05, 0) is 6.07 Å². The van der Waals surface area contributed by atoms with E-state index < -0.39 is 35.5 Å². The Morgan fingerprint density at radius 2 is 2.05 bits per heavy atom. The van der Waals surface area contributed by atoms with Gasteiger partial charge in [-0.3, -0.25) is 4.79 Å². The smallest absolute Gasteiger partial charge is 0.233 e. The predicted octanol–water partition coefficient (Wildman–Crippen LogP) is 1.03. The molecule has 1 fully saturated rings. The van der Waals surface area contributed by atoms with Crippen molar-refractivity contribution in [3.05, 3.63) is 35.1 Å². The summed E-state index contributed by atoms with van der Waals surface area (Å²) in [4.78, 5) is 12.8. The SMILES string of the molecule is O=C1CSC(c2ccc(F)c(F)c2F)N1C[C@H](O)CO. The van der Waals surface area contributed by atoms with Crippen molar-refractivity contribution in [1.82, 2.24) is 4.90 Å². The fraction of sp³-hybridized carbons (Fsp3) is 0.417. The lowest BCUT2D eigenvalue weighted by Gasteiger charge is -2.26. The number of amides is 1. The van der Waals surface area contributed by atoms with E-state index in [4.69, 9.17) is 5.11 Å². The minimum Gasteiger partial charge on any atom is -0.394 e. The summed E-state index contributed by atoms with van der Waals surface area (Å²) in [6.07, 6.45) is -1.17. The van der Waals surface area contributed by atoms with E-state index in [1.165, 1.54) is 0 Å². The molecule has 1 unspecified atom stereocenters. The minimum atomic E-state index is -1.59. The summed E-state index contributed by atoms with van der Waals surface area (Å²) in [6, 6.07) is 1.86. The van der Waals surface area contributed by atoms with E-state index in [0.717, 1.165) is 28.8 Å². The van der Waals surface area contributed by atoms with Crippen LogP contribution in [0.2, 0.25) is 0 Å². The first-order chi connectivity index (χ1) is 9.45. The van der Waals surface area contributed by atoms with Crippen LogP contribution >= 0.6 is 11.8 Å². The number of nitrogens with zero attached hydrogens (tertiary/aromatic N) is 1. The highest BCUT2D eigenvalue weighted by Crippen LogP contribution is 2.40. The van der Waals surface area contributed by atoms with Crippen LogP contribution in [0.3, 0.4) is 0 Å². The molecule has 1 heterocycles. The molecule has 1 aromatic rings. The number of carbonyl (C=O) groups is 1.